The lowest BCUT2D eigenvalue weighted by Gasteiger charge is -2.24. The van der Waals surface area contributed by atoms with Crippen LogP contribution >= 0.6 is 34.5 Å². The van der Waals surface area contributed by atoms with Crippen LogP contribution in [0.1, 0.15) is 44.9 Å². The number of nitrogens with zero attached hydrogens (tertiary/aromatic N) is 2. The molecule has 0 unspecified atom stereocenters. The molecule has 0 saturated heterocycles. The van der Waals surface area contributed by atoms with Gasteiger partial charge >= 0.3 is 5.97 Å². The number of benzene rings is 2. The fourth-order valence-electron chi connectivity index (χ4n) is 4.15. The summed E-state index contributed by atoms with van der Waals surface area (Å²) in [5, 5.41) is 0.765. The van der Waals surface area contributed by atoms with Crippen LogP contribution in [0.15, 0.2) is 57.5 Å². The summed E-state index contributed by atoms with van der Waals surface area (Å²) in [4.78, 5) is 31.9. The van der Waals surface area contributed by atoms with Crippen LogP contribution in [0.5, 0.6) is 11.5 Å². The smallest absolute Gasteiger partial charge is 0.338 e. The van der Waals surface area contributed by atoms with E-state index in [2.05, 4.69) is 4.99 Å². The van der Waals surface area contributed by atoms with Gasteiger partial charge in [0.1, 0.15) is 11.5 Å². The first-order valence-corrected chi connectivity index (χ1v) is 13.4. The van der Waals surface area contributed by atoms with Crippen molar-refractivity contribution < 1.29 is 19.0 Å². The lowest BCUT2D eigenvalue weighted by Crippen LogP contribution is -2.39. The van der Waals surface area contributed by atoms with E-state index < -0.39 is 12.0 Å². The zero-order valence-corrected chi connectivity index (χ0v) is 23.2. The van der Waals surface area contributed by atoms with Gasteiger partial charge in [0.2, 0.25) is 0 Å². The maximum atomic E-state index is 13.8. The molecular formula is C27H26Cl2N2O5S. The zero-order chi connectivity index (χ0) is 26.7. The molecular weight excluding hydrogens is 535 g/mol. The second-order valence-electron chi connectivity index (χ2n) is 8.04. The highest BCUT2D eigenvalue weighted by Crippen LogP contribution is 2.34. The molecule has 2 aromatic carbocycles. The molecule has 1 aliphatic rings. The number of rotatable bonds is 8. The number of allylic oxidation sites excluding steroid dienone is 1. The SMILES string of the molecule is CCOC(=O)C1=C(C)N=c2s/c(=C\c3cc(Cl)cc(Cl)c3OCC)c(=O)n2[C@H]1c1ccc(OCC)cc1. The van der Waals surface area contributed by atoms with Gasteiger partial charge in [-0.15, -0.1) is 0 Å². The van der Waals surface area contributed by atoms with E-state index in [1.807, 2.05) is 38.1 Å². The Morgan fingerprint density at radius 3 is 2.43 bits per heavy atom. The lowest BCUT2D eigenvalue weighted by atomic mass is 9.96. The van der Waals surface area contributed by atoms with Crippen LogP contribution in [0.25, 0.3) is 6.08 Å². The van der Waals surface area contributed by atoms with E-state index in [0.29, 0.717) is 60.9 Å². The number of carbonyl (C=O) groups excluding carboxylic acids is 1. The Bertz CT molecular complexity index is 1540. The summed E-state index contributed by atoms with van der Waals surface area (Å²) in [7, 11) is 0. The van der Waals surface area contributed by atoms with Gasteiger partial charge < -0.3 is 14.2 Å². The van der Waals surface area contributed by atoms with Crippen molar-refractivity contribution in [3.05, 3.63) is 88.5 Å². The first-order chi connectivity index (χ1) is 17.8. The van der Waals surface area contributed by atoms with E-state index >= 15 is 0 Å². The summed E-state index contributed by atoms with van der Waals surface area (Å²) in [5.74, 6) is 0.612. The van der Waals surface area contributed by atoms with Crippen molar-refractivity contribution in [2.24, 2.45) is 4.99 Å². The van der Waals surface area contributed by atoms with Crippen LogP contribution in [0.4, 0.5) is 0 Å². The van der Waals surface area contributed by atoms with Gasteiger partial charge in [-0.25, -0.2) is 9.79 Å². The van der Waals surface area contributed by atoms with Gasteiger partial charge in [0.25, 0.3) is 5.56 Å². The molecule has 1 atom stereocenters. The Morgan fingerprint density at radius 1 is 1.08 bits per heavy atom. The minimum absolute atomic E-state index is 0.200. The predicted molar refractivity (Wildman–Crippen MR) is 146 cm³/mol. The van der Waals surface area contributed by atoms with Crippen molar-refractivity contribution in [3.63, 3.8) is 0 Å². The van der Waals surface area contributed by atoms with Crippen molar-refractivity contribution in [2.45, 2.75) is 33.7 Å². The molecule has 0 spiro atoms. The van der Waals surface area contributed by atoms with E-state index in [1.165, 1.54) is 15.9 Å². The largest absolute Gasteiger partial charge is 0.494 e. The predicted octanol–water partition coefficient (Wildman–Crippen LogP) is 4.90. The van der Waals surface area contributed by atoms with Gasteiger partial charge in [-0.05, 0) is 63.6 Å². The number of esters is 1. The maximum Gasteiger partial charge on any atom is 0.338 e. The number of fused-ring (bicyclic) bond motifs is 1. The number of ether oxygens (including phenoxy) is 3. The van der Waals surface area contributed by atoms with E-state index in [1.54, 1.807) is 32.1 Å². The van der Waals surface area contributed by atoms with Crippen LogP contribution in [-0.4, -0.2) is 30.4 Å². The third-order valence-corrected chi connectivity index (χ3v) is 7.12. The summed E-state index contributed by atoms with van der Waals surface area (Å²) in [6.45, 7) is 8.35. The van der Waals surface area contributed by atoms with Gasteiger partial charge in [0, 0.05) is 10.6 Å². The van der Waals surface area contributed by atoms with E-state index in [0.717, 1.165) is 5.56 Å². The summed E-state index contributed by atoms with van der Waals surface area (Å²) in [6, 6.07) is 9.87. The highest BCUT2D eigenvalue weighted by molar-refractivity contribution is 7.07. The maximum absolute atomic E-state index is 13.8. The van der Waals surface area contributed by atoms with Crippen LogP contribution in [0.2, 0.25) is 10.0 Å². The Labute approximate surface area is 228 Å². The van der Waals surface area contributed by atoms with E-state index in [9.17, 15) is 9.59 Å². The molecule has 0 fully saturated rings. The first kappa shape index (κ1) is 27.0. The molecule has 7 nitrogen and oxygen atoms in total. The normalized spacial score (nSPS) is 15.3. The van der Waals surface area contributed by atoms with Crippen LogP contribution < -0.4 is 24.4 Å². The second kappa shape index (κ2) is 11.5. The standard InChI is InChI=1S/C27H26Cl2N2O5S/c1-5-34-19-10-8-16(9-11-19)23-22(26(33)36-7-3)15(4)30-27-31(23)25(32)21(37-27)13-17-12-18(28)14-20(29)24(17)35-6-2/h8-14,23H,5-7H2,1-4H3/b21-13-/t23-/m0/s1. The Balaban J connectivity index is 1.94. The first-order valence-electron chi connectivity index (χ1n) is 11.8. The van der Waals surface area contributed by atoms with Crippen LogP contribution in [0.3, 0.4) is 0 Å². The summed E-state index contributed by atoms with van der Waals surface area (Å²) in [5.41, 5.74) is 1.80. The van der Waals surface area contributed by atoms with E-state index in [4.69, 9.17) is 37.4 Å². The molecule has 0 aliphatic carbocycles. The molecule has 1 aliphatic heterocycles. The van der Waals surface area contributed by atoms with Gasteiger partial charge in [-0.3, -0.25) is 9.36 Å². The van der Waals surface area contributed by atoms with Crippen molar-refractivity contribution in [1.82, 2.24) is 4.57 Å². The summed E-state index contributed by atoms with van der Waals surface area (Å²) in [6.07, 6.45) is 1.69. The fourth-order valence-corrected chi connectivity index (χ4v) is 5.75. The molecule has 0 N–H and O–H groups in total. The third-order valence-electron chi connectivity index (χ3n) is 5.64. The minimum atomic E-state index is -0.720. The molecule has 0 radical (unpaired) electrons. The Hall–Kier alpha value is -3.07. The molecule has 2 heterocycles. The lowest BCUT2D eigenvalue weighted by molar-refractivity contribution is -0.139. The Kier molecular flexibility index (Phi) is 8.42. The highest BCUT2D eigenvalue weighted by Gasteiger charge is 2.33. The van der Waals surface area contributed by atoms with Crippen molar-refractivity contribution in [2.75, 3.05) is 19.8 Å². The molecule has 37 heavy (non-hydrogen) atoms. The molecule has 0 amide bonds. The van der Waals surface area contributed by atoms with Gasteiger partial charge in [-0.2, -0.15) is 0 Å². The summed E-state index contributed by atoms with van der Waals surface area (Å²) >= 11 is 13.8. The van der Waals surface area contributed by atoms with Crippen molar-refractivity contribution in [3.8, 4) is 11.5 Å². The number of halogens is 2. The van der Waals surface area contributed by atoms with Crippen molar-refractivity contribution in [1.29, 1.82) is 0 Å². The van der Waals surface area contributed by atoms with Gasteiger partial charge in [0.15, 0.2) is 4.80 Å². The van der Waals surface area contributed by atoms with Crippen LogP contribution in [0, 0.1) is 0 Å². The molecule has 194 valence electrons. The third kappa shape index (κ3) is 5.46. The number of hydrogen-bond acceptors (Lipinski definition) is 7. The number of thiazole rings is 1. The quantitative estimate of drug-likeness (QED) is 0.366. The fraction of sp³-hybridized carbons (Fsp3) is 0.296. The Morgan fingerprint density at radius 2 is 1.78 bits per heavy atom. The number of hydrogen-bond donors (Lipinski definition) is 0. The van der Waals surface area contributed by atoms with E-state index in [-0.39, 0.29) is 12.2 Å². The topological polar surface area (TPSA) is 79.1 Å². The zero-order valence-electron chi connectivity index (χ0n) is 20.8. The monoisotopic (exact) mass is 560 g/mol. The molecule has 0 saturated carbocycles. The van der Waals surface area contributed by atoms with Crippen molar-refractivity contribution >= 4 is 46.6 Å². The number of carbonyl (C=O) groups is 1. The second-order valence-corrected chi connectivity index (χ2v) is 9.90. The summed E-state index contributed by atoms with van der Waals surface area (Å²) < 4.78 is 18.6. The molecule has 10 heteroatoms. The molecule has 0 bridgehead atoms. The van der Waals surface area contributed by atoms with Crippen LogP contribution in [-0.2, 0) is 9.53 Å². The average Bonchev–Trinajstić information content (AvgIpc) is 3.15. The molecule has 1 aromatic heterocycles. The average molecular weight is 561 g/mol. The highest BCUT2D eigenvalue weighted by atomic mass is 35.5. The van der Waals surface area contributed by atoms with Gasteiger partial charge in [0.05, 0.1) is 46.7 Å². The van der Waals surface area contributed by atoms with Gasteiger partial charge in [-0.1, -0.05) is 46.7 Å². The minimum Gasteiger partial charge on any atom is -0.494 e. The molecule has 3 aromatic rings. The number of aromatic nitrogens is 1. The molecule has 4 rings (SSSR count).